The Balaban J connectivity index is 1.86. The van der Waals surface area contributed by atoms with E-state index in [0.717, 1.165) is 23.9 Å². The Morgan fingerprint density at radius 2 is 1.83 bits per heavy atom. The zero-order valence-corrected chi connectivity index (χ0v) is 12.6. The molecule has 0 spiro atoms. The van der Waals surface area contributed by atoms with Crippen LogP contribution in [0.2, 0.25) is 0 Å². The van der Waals surface area contributed by atoms with Crippen LogP contribution in [0.25, 0.3) is 0 Å². The Morgan fingerprint density at radius 1 is 1.11 bits per heavy atom. The Labute approximate surface area is 114 Å². The van der Waals surface area contributed by atoms with Gasteiger partial charge in [-0.2, -0.15) is 0 Å². The summed E-state index contributed by atoms with van der Waals surface area (Å²) < 4.78 is 0. The van der Waals surface area contributed by atoms with Crippen LogP contribution < -0.4 is 5.32 Å². The van der Waals surface area contributed by atoms with Crippen molar-refractivity contribution in [2.24, 2.45) is 11.8 Å². The van der Waals surface area contributed by atoms with Gasteiger partial charge in [0.1, 0.15) is 0 Å². The van der Waals surface area contributed by atoms with E-state index in [1.165, 1.54) is 58.0 Å². The standard InChI is InChI=1S/C16H32N2/c1-4-5-14-8-10-18(11-9-14)16-12-13(2)6-7-15(16)17-3/h13-17H,4-12H2,1-3H3. The molecule has 0 aromatic rings. The molecule has 3 unspecified atom stereocenters. The lowest BCUT2D eigenvalue weighted by Gasteiger charge is -2.45. The van der Waals surface area contributed by atoms with Gasteiger partial charge in [0.2, 0.25) is 0 Å². The smallest absolute Gasteiger partial charge is 0.0251 e. The zero-order chi connectivity index (χ0) is 13.0. The van der Waals surface area contributed by atoms with Crippen LogP contribution >= 0.6 is 0 Å². The van der Waals surface area contributed by atoms with Gasteiger partial charge in [0.05, 0.1) is 0 Å². The molecule has 3 atom stereocenters. The number of likely N-dealkylation sites (N-methyl/N-ethyl adjacent to an activating group) is 1. The van der Waals surface area contributed by atoms with Crippen molar-refractivity contribution in [2.45, 2.75) is 70.9 Å². The van der Waals surface area contributed by atoms with Gasteiger partial charge in [0.15, 0.2) is 0 Å². The molecule has 1 aliphatic carbocycles. The number of rotatable bonds is 4. The number of piperidine rings is 1. The number of hydrogen-bond donors (Lipinski definition) is 1. The summed E-state index contributed by atoms with van der Waals surface area (Å²) in [7, 11) is 2.15. The van der Waals surface area contributed by atoms with Gasteiger partial charge >= 0.3 is 0 Å². The fourth-order valence-corrected chi connectivity index (χ4v) is 4.07. The second kappa shape index (κ2) is 6.91. The third-order valence-electron chi connectivity index (χ3n) is 5.26. The van der Waals surface area contributed by atoms with Crippen LogP contribution in [0, 0.1) is 11.8 Å². The minimum Gasteiger partial charge on any atom is -0.315 e. The molecule has 2 nitrogen and oxygen atoms in total. The van der Waals surface area contributed by atoms with Crippen molar-refractivity contribution >= 4 is 0 Å². The molecule has 0 aromatic heterocycles. The third-order valence-corrected chi connectivity index (χ3v) is 5.26. The van der Waals surface area contributed by atoms with Gasteiger partial charge in [0.25, 0.3) is 0 Å². The van der Waals surface area contributed by atoms with Crippen molar-refractivity contribution < 1.29 is 0 Å². The first-order chi connectivity index (χ1) is 8.74. The van der Waals surface area contributed by atoms with Crippen LogP contribution in [0.1, 0.15) is 58.8 Å². The van der Waals surface area contributed by atoms with Crippen molar-refractivity contribution in [2.75, 3.05) is 20.1 Å². The SMILES string of the molecule is CCCC1CCN(C2CC(C)CCC2NC)CC1. The molecule has 1 saturated carbocycles. The lowest BCUT2D eigenvalue weighted by atomic mass is 9.81. The van der Waals surface area contributed by atoms with Crippen LogP contribution in [0.3, 0.4) is 0 Å². The molecule has 0 amide bonds. The lowest BCUT2D eigenvalue weighted by molar-refractivity contribution is 0.0687. The second-order valence-corrected chi connectivity index (χ2v) is 6.65. The molecule has 106 valence electrons. The first-order valence-electron chi connectivity index (χ1n) is 8.15. The summed E-state index contributed by atoms with van der Waals surface area (Å²) in [5.74, 6) is 1.94. The highest BCUT2D eigenvalue weighted by molar-refractivity contribution is 4.91. The van der Waals surface area contributed by atoms with E-state index >= 15 is 0 Å². The summed E-state index contributed by atoms with van der Waals surface area (Å²) in [6, 6.07) is 1.55. The topological polar surface area (TPSA) is 15.3 Å². The number of nitrogens with one attached hydrogen (secondary N) is 1. The number of hydrogen-bond acceptors (Lipinski definition) is 2. The normalized spacial score (nSPS) is 35.8. The monoisotopic (exact) mass is 252 g/mol. The molecule has 2 aliphatic rings. The molecule has 0 aromatic carbocycles. The molecule has 1 heterocycles. The van der Waals surface area contributed by atoms with E-state index in [2.05, 4.69) is 31.1 Å². The van der Waals surface area contributed by atoms with Gasteiger partial charge in [-0.1, -0.05) is 26.7 Å². The Hall–Kier alpha value is -0.0800. The van der Waals surface area contributed by atoms with Gasteiger partial charge in [0, 0.05) is 12.1 Å². The zero-order valence-electron chi connectivity index (χ0n) is 12.6. The quantitative estimate of drug-likeness (QED) is 0.826. The summed E-state index contributed by atoms with van der Waals surface area (Å²) in [4.78, 5) is 2.79. The van der Waals surface area contributed by atoms with E-state index in [4.69, 9.17) is 0 Å². The first kappa shape index (κ1) is 14.3. The fourth-order valence-electron chi connectivity index (χ4n) is 4.07. The van der Waals surface area contributed by atoms with E-state index < -0.39 is 0 Å². The molecule has 0 radical (unpaired) electrons. The van der Waals surface area contributed by atoms with Crippen molar-refractivity contribution in [1.82, 2.24) is 10.2 Å². The Kier molecular flexibility index (Phi) is 5.50. The minimum atomic E-state index is 0.740. The first-order valence-corrected chi connectivity index (χ1v) is 8.15. The second-order valence-electron chi connectivity index (χ2n) is 6.65. The highest BCUT2D eigenvalue weighted by Crippen LogP contribution is 2.31. The Bertz CT molecular complexity index is 233. The van der Waals surface area contributed by atoms with Crippen molar-refractivity contribution in [1.29, 1.82) is 0 Å². The third kappa shape index (κ3) is 3.48. The maximum absolute atomic E-state index is 3.57. The lowest BCUT2D eigenvalue weighted by Crippen LogP contribution is -2.54. The average molecular weight is 252 g/mol. The maximum Gasteiger partial charge on any atom is 0.0251 e. The number of nitrogens with zero attached hydrogens (tertiary/aromatic N) is 1. The summed E-state index contributed by atoms with van der Waals surface area (Å²) in [6.45, 7) is 7.45. The van der Waals surface area contributed by atoms with Gasteiger partial charge < -0.3 is 5.32 Å². The molecule has 1 N–H and O–H groups in total. The van der Waals surface area contributed by atoms with Gasteiger partial charge in [-0.25, -0.2) is 0 Å². The highest BCUT2D eigenvalue weighted by atomic mass is 15.2. The van der Waals surface area contributed by atoms with E-state index in [9.17, 15) is 0 Å². The minimum absolute atomic E-state index is 0.740. The van der Waals surface area contributed by atoms with Crippen LogP contribution in [-0.4, -0.2) is 37.1 Å². The van der Waals surface area contributed by atoms with Crippen LogP contribution in [0.15, 0.2) is 0 Å². The van der Waals surface area contributed by atoms with E-state index in [0.29, 0.717) is 0 Å². The summed E-state index contributed by atoms with van der Waals surface area (Å²) in [5.41, 5.74) is 0. The maximum atomic E-state index is 3.57. The average Bonchev–Trinajstić information content (AvgIpc) is 2.40. The summed E-state index contributed by atoms with van der Waals surface area (Å²) in [5, 5.41) is 3.57. The van der Waals surface area contributed by atoms with Crippen LogP contribution in [0.4, 0.5) is 0 Å². The highest BCUT2D eigenvalue weighted by Gasteiger charge is 2.33. The molecule has 1 saturated heterocycles. The molecule has 2 rings (SSSR count). The predicted octanol–water partition coefficient (Wildman–Crippen LogP) is 3.28. The van der Waals surface area contributed by atoms with Crippen LogP contribution in [0.5, 0.6) is 0 Å². The fraction of sp³-hybridized carbons (Fsp3) is 1.00. The number of likely N-dealkylation sites (tertiary alicyclic amines) is 1. The molecule has 18 heavy (non-hydrogen) atoms. The molecule has 1 aliphatic heterocycles. The molecular weight excluding hydrogens is 220 g/mol. The molecule has 2 fully saturated rings. The van der Waals surface area contributed by atoms with Crippen molar-refractivity contribution in [3.05, 3.63) is 0 Å². The largest absolute Gasteiger partial charge is 0.315 e. The van der Waals surface area contributed by atoms with Gasteiger partial charge in [-0.3, -0.25) is 4.90 Å². The van der Waals surface area contributed by atoms with E-state index in [1.54, 1.807) is 0 Å². The molecule has 2 heteroatoms. The van der Waals surface area contributed by atoms with Gasteiger partial charge in [-0.15, -0.1) is 0 Å². The summed E-state index contributed by atoms with van der Waals surface area (Å²) >= 11 is 0. The van der Waals surface area contributed by atoms with Crippen molar-refractivity contribution in [3.8, 4) is 0 Å². The van der Waals surface area contributed by atoms with Crippen molar-refractivity contribution in [3.63, 3.8) is 0 Å². The van der Waals surface area contributed by atoms with E-state index in [1.807, 2.05) is 0 Å². The molecular formula is C16H32N2. The van der Waals surface area contributed by atoms with E-state index in [-0.39, 0.29) is 0 Å². The Morgan fingerprint density at radius 3 is 2.44 bits per heavy atom. The summed E-state index contributed by atoms with van der Waals surface area (Å²) in [6.07, 6.45) is 9.88. The predicted molar refractivity (Wildman–Crippen MR) is 78.9 cm³/mol. The van der Waals surface area contributed by atoms with Gasteiger partial charge in [-0.05, 0) is 64.1 Å². The molecule has 0 bridgehead atoms. The van der Waals surface area contributed by atoms with Crippen LogP contribution in [-0.2, 0) is 0 Å².